The van der Waals surface area contributed by atoms with Crippen LogP contribution in [0, 0.1) is 6.92 Å². The van der Waals surface area contributed by atoms with E-state index < -0.39 is 0 Å². The minimum absolute atomic E-state index is 0. The minimum Gasteiger partial charge on any atom is -1.00 e. The van der Waals surface area contributed by atoms with E-state index in [-0.39, 0.29) is 28.9 Å². The van der Waals surface area contributed by atoms with Gasteiger partial charge in [0.2, 0.25) is 0 Å². The topological polar surface area (TPSA) is 0 Å². The molecule has 0 aromatic heterocycles. The average molecular weight is 231 g/mol. The van der Waals surface area contributed by atoms with Gasteiger partial charge in [-0.25, -0.2) is 0 Å². The van der Waals surface area contributed by atoms with Gasteiger partial charge in [0.1, 0.15) is 0 Å². The summed E-state index contributed by atoms with van der Waals surface area (Å²) in [4.78, 5) is 0. The van der Waals surface area contributed by atoms with E-state index in [1.54, 1.807) is 0 Å². The first-order valence-corrected chi connectivity index (χ1v) is 2.41. The summed E-state index contributed by atoms with van der Waals surface area (Å²) in [5.41, 5.74) is 1.32. The number of hydrogen-bond acceptors (Lipinski definition) is 0. The summed E-state index contributed by atoms with van der Waals surface area (Å²) in [6.07, 6.45) is 0. The second-order valence-corrected chi connectivity index (χ2v) is 1.65. The summed E-state index contributed by atoms with van der Waals surface area (Å²) in [7, 11) is 0. The predicted octanol–water partition coefficient (Wildman–Crippen LogP) is -4.00. The number of halogens is 2. The quantitative estimate of drug-likeness (QED) is 0.399. The third-order valence-electron chi connectivity index (χ3n) is 0.940. The van der Waals surface area contributed by atoms with Crippen molar-refractivity contribution in [2.24, 2.45) is 0 Å². The molecule has 0 nitrogen and oxygen atoms in total. The largest absolute Gasteiger partial charge is 2.00 e. The standard InChI is InChI=1S/C7H8.2FH.Ru/c1-7-5-3-2-4-6-7;;;/h2-6H,1H3;2*1H;/q;;;+2/p-2. The van der Waals surface area contributed by atoms with E-state index in [0.717, 1.165) is 0 Å². The molecule has 1 aromatic rings. The molecular weight excluding hydrogens is 223 g/mol. The summed E-state index contributed by atoms with van der Waals surface area (Å²) in [6.45, 7) is 2.08. The van der Waals surface area contributed by atoms with Crippen molar-refractivity contribution in [2.75, 3.05) is 0 Å². The van der Waals surface area contributed by atoms with Crippen LogP contribution >= 0.6 is 0 Å². The van der Waals surface area contributed by atoms with Crippen molar-refractivity contribution in [1.82, 2.24) is 0 Å². The van der Waals surface area contributed by atoms with E-state index in [4.69, 9.17) is 0 Å². The molecule has 0 atom stereocenters. The zero-order valence-electron chi connectivity index (χ0n) is 5.50. The fourth-order valence-corrected chi connectivity index (χ4v) is 0.534. The van der Waals surface area contributed by atoms with Crippen LogP contribution in [0.3, 0.4) is 0 Å². The summed E-state index contributed by atoms with van der Waals surface area (Å²) < 4.78 is 0. The molecule has 0 N–H and O–H groups in total. The van der Waals surface area contributed by atoms with Gasteiger partial charge in [-0.15, -0.1) is 0 Å². The molecule has 0 aliphatic carbocycles. The summed E-state index contributed by atoms with van der Waals surface area (Å²) in [5.74, 6) is 0. The fraction of sp³-hybridized carbons (Fsp3) is 0.143. The van der Waals surface area contributed by atoms with Crippen LogP contribution < -0.4 is 9.41 Å². The Morgan fingerprint density at radius 3 is 1.50 bits per heavy atom. The molecule has 0 aliphatic heterocycles. The summed E-state index contributed by atoms with van der Waals surface area (Å²) in [5, 5.41) is 0. The number of aryl methyl sites for hydroxylation is 1. The van der Waals surface area contributed by atoms with Crippen LogP contribution in [0.2, 0.25) is 0 Å². The molecule has 3 heteroatoms. The van der Waals surface area contributed by atoms with Crippen molar-refractivity contribution in [3.63, 3.8) is 0 Å². The molecule has 0 heterocycles. The molecule has 0 saturated heterocycles. The van der Waals surface area contributed by atoms with Crippen molar-refractivity contribution in [3.8, 4) is 0 Å². The van der Waals surface area contributed by atoms with E-state index in [9.17, 15) is 0 Å². The molecule has 0 bridgehead atoms. The molecule has 0 spiro atoms. The Balaban J connectivity index is -0.000000163. The first kappa shape index (κ1) is 16.4. The molecule has 0 amide bonds. The van der Waals surface area contributed by atoms with E-state index in [1.807, 2.05) is 18.2 Å². The fourth-order valence-electron chi connectivity index (χ4n) is 0.534. The maximum Gasteiger partial charge on any atom is 2.00 e. The van der Waals surface area contributed by atoms with Crippen LogP contribution in [0.4, 0.5) is 0 Å². The van der Waals surface area contributed by atoms with Crippen molar-refractivity contribution in [2.45, 2.75) is 6.92 Å². The van der Waals surface area contributed by atoms with Gasteiger partial charge in [-0.05, 0) is 6.92 Å². The normalized spacial score (nSPS) is 6.10. The van der Waals surface area contributed by atoms with Crippen LogP contribution in [0.1, 0.15) is 5.56 Å². The smallest absolute Gasteiger partial charge is 1.00 e. The zero-order chi connectivity index (χ0) is 5.11. The monoisotopic (exact) mass is 232 g/mol. The molecule has 0 aliphatic rings. The van der Waals surface area contributed by atoms with E-state index in [2.05, 4.69) is 19.1 Å². The first-order valence-electron chi connectivity index (χ1n) is 2.41. The van der Waals surface area contributed by atoms with E-state index in [0.29, 0.717) is 0 Å². The van der Waals surface area contributed by atoms with Gasteiger partial charge in [-0.3, -0.25) is 0 Å². The van der Waals surface area contributed by atoms with Crippen molar-refractivity contribution in [1.29, 1.82) is 0 Å². The number of hydrogen-bond donors (Lipinski definition) is 0. The summed E-state index contributed by atoms with van der Waals surface area (Å²) >= 11 is 0. The van der Waals surface area contributed by atoms with Gasteiger partial charge in [-0.1, -0.05) is 35.9 Å². The molecule has 58 valence electrons. The summed E-state index contributed by atoms with van der Waals surface area (Å²) in [6, 6.07) is 10.3. The average Bonchev–Trinajstić information content (AvgIpc) is 1.69. The Kier molecular flexibility index (Phi) is 14.2. The maximum atomic E-state index is 2.08. The Morgan fingerprint density at radius 1 is 0.900 bits per heavy atom. The maximum absolute atomic E-state index is 2.08. The van der Waals surface area contributed by atoms with Crippen LogP contribution in [-0.4, -0.2) is 0 Å². The van der Waals surface area contributed by atoms with E-state index >= 15 is 0 Å². The Hall–Kier alpha value is -0.297. The molecule has 0 fully saturated rings. The van der Waals surface area contributed by atoms with Crippen molar-refractivity contribution >= 4 is 0 Å². The predicted molar refractivity (Wildman–Crippen MR) is 31.2 cm³/mol. The first-order chi connectivity index (χ1) is 3.39. The minimum atomic E-state index is 0. The number of rotatable bonds is 0. The van der Waals surface area contributed by atoms with Gasteiger partial charge in [0.05, 0.1) is 0 Å². The SMILES string of the molecule is Cc1ccccc1.[F-].[F-].[Ru+2]. The Bertz CT molecular complexity index is 142. The molecule has 10 heavy (non-hydrogen) atoms. The zero-order valence-corrected chi connectivity index (χ0v) is 7.23. The third-order valence-corrected chi connectivity index (χ3v) is 0.940. The van der Waals surface area contributed by atoms with E-state index in [1.165, 1.54) is 5.56 Å². The second kappa shape index (κ2) is 8.70. The van der Waals surface area contributed by atoms with Gasteiger partial charge in [0, 0.05) is 0 Å². The molecule has 1 rings (SSSR count). The molecule has 0 saturated carbocycles. The molecule has 0 unspecified atom stereocenters. The van der Waals surface area contributed by atoms with Gasteiger partial charge in [0.15, 0.2) is 0 Å². The van der Waals surface area contributed by atoms with Gasteiger partial charge in [-0.2, -0.15) is 0 Å². The van der Waals surface area contributed by atoms with Crippen molar-refractivity contribution in [3.05, 3.63) is 35.9 Å². The Morgan fingerprint density at radius 2 is 1.30 bits per heavy atom. The molecular formula is C7H8F2Ru. The van der Waals surface area contributed by atoms with Crippen LogP contribution in [0.15, 0.2) is 30.3 Å². The number of benzene rings is 1. The van der Waals surface area contributed by atoms with Crippen LogP contribution in [-0.2, 0) is 19.5 Å². The molecule has 1 aromatic carbocycles. The van der Waals surface area contributed by atoms with Crippen LogP contribution in [0.25, 0.3) is 0 Å². The second-order valence-electron chi connectivity index (χ2n) is 1.65. The molecule has 0 radical (unpaired) electrons. The Labute approximate surface area is 72.1 Å². The van der Waals surface area contributed by atoms with Gasteiger partial charge < -0.3 is 9.41 Å². The third kappa shape index (κ3) is 5.83. The van der Waals surface area contributed by atoms with Gasteiger partial charge >= 0.3 is 19.5 Å². The van der Waals surface area contributed by atoms with Crippen LogP contribution in [0.5, 0.6) is 0 Å². The van der Waals surface area contributed by atoms with Crippen molar-refractivity contribution < 1.29 is 28.9 Å². The van der Waals surface area contributed by atoms with Gasteiger partial charge in [0.25, 0.3) is 0 Å².